The van der Waals surface area contributed by atoms with Gasteiger partial charge in [-0.05, 0) is 24.2 Å². The van der Waals surface area contributed by atoms with Crippen LogP contribution in [0, 0.1) is 11.8 Å². The molecular weight excluding hydrogens is 230 g/mol. The van der Waals surface area contributed by atoms with Crippen molar-refractivity contribution < 1.29 is 4.79 Å². The van der Waals surface area contributed by atoms with Gasteiger partial charge in [0.2, 0.25) is 0 Å². The molecule has 0 bridgehead atoms. The zero-order chi connectivity index (χ0) is 12.5. The average Bonchev–Trinajstić information content (AvgIpc) is 2.32. The van der Waals surface area contributed by atoms with Gasteiger partial charge in [-0.25, -0.2) is 0 Å². The molecule has 3 heteroatoms. The lowest BCUT2D eigenvalue weighted by molar-refractivity contribution is -0.109. The number of carbonyl (C=O) groups is 1. The normalized spacial score (nSPS) is 9.53. The van der Waals surface area contributed by atoms with Gasteiger partial charge in [0.1, 0.15) is 0 Å². The van der Waals surface area contributed by atoms with Crippen molar-refractivity contribution in [2.45, 2.75) is 20.4 Å². The third-order valence-corrected chi connectivity index (χ3v) is 2.78. The lowest BCUT2D eigenvalue weighted by Gasteiger charge is -2.01. The highest BCUT2D eigenvalue weighted by Gasteiger charge is 1.93. The maximum absolute atomic E-state index is 10.7. The first-order valence-corrected chi connectivity index (χ1v) is 6.63. The van der Waals surface area contributed by atoms with Crippen molar-refractivity contribution in [2.75, 3.05) is 12.3 Å². The van der Waals surface area contributed by atoms with Crippen LogP contribution in [0.4, 0.5) is 0 Å². The van der Waals surface area contributed by atoms with Crippen LogP contribution in [-0.4, -0.2) is 17.4 Å². The van der Waals surface area contributed by atoms with Crippen molar-refractivity contribution in [3.05, 3.63) is 35.4 Å². The van der Waals surface area contributed by atoms with Crippen molar-refractivity contribution in [1.29, 1.82) is 0 Å². The van der Waals surface area contributed by atoms with Gasteiger partial charge in [-0.2, -0.15) is 0 Å². The molecule has 0 atom stereocenters. The lowest BCUT2D eigenvalue weighted by Crippen LogP contribution is -2.11. The summed E-state index contributed by atoms with van der Waals surface area (Å²) in [6.07, 6.45) is 0. The highest BCUT2D eigenvalue weighted by Crippen LogP contribution is 2.04. The molecule has 0 saturated heterocycles. The molecule has 0 fully saturated rings. The minimum absolute atomic E-state index is 0.111. The van der Waals surface area contributed by atoms with Crippen molar-refractivity contribution in [1.82, 2.24) is 5.32 Å². The number of carbonyl (C=O) groups excluding carboxylic acids is 1. The molecule has 0 aliphatic carbocycles. The fraction of sp³-hybridized carbons (Fsp3) is 0.357. The third kappa shape index (κ3) is 6.15. The first kappa shape index (κ1) is 13.8. The summed E-state index contributed by atoms with van der Waals surface area (Å²) in [7, 11) is 0. The molecular formula is C14H17NOS. The Morgan fingerprint density at radius 1 is 1.47 bits per heavy atom. The Morgan fingerprint density at radius 2 is 2.29 bits per heavy atom. The maximum atomic E-state index is 10.7. The van der Waals surface area contributed by atoms with Gasteiger partial charge in [0.25, 0.3) is 0 Å². The van der Waals surface area contributed by atoms with Crippen LogP contribution in [0.3, 0.4) is 0 Å². The molecule has 0 amide bonds. The van der Waals surface area contributed by atoms with Crippen molar-refractivity contribution in [2.24, 2.45) is 0 Å². The molecule has 0 aliphatic rings. The standard InChI is InChI=1S/C14H17NOS/c1-3-15-11-14-7-4-6-13(10-14)8-5-9-17-12(2)16/h4,6-7,10,15H,3,9,11H2,1-2H3. The van der Waals surface area contributed by atoms with E-state index >= 15 is 0 Å². The van der Waals surface area contributed by atoms with Gasteiger partial charge in [0.05, 0.1) is 5.75 Å². The van der Waals surface area contributed by atoms with Crippen molar-refractivity contribution >= 4 is 16.9 Å². The average molecular weight is 247 g/mol. The van der Waals surface area contributed by atoms with Crippen LogP contribution in [0.2, 0.25) is 0 Å². The summed E-state index contributed by atoms with van der Waals surface area (Å²) in [5.41, 5.74) is 2.24. The molecule has 1 aromatic carbocycles. The molecule has 2 nitrogen and oxygen atoms in total. The van der Waals surface area contributed by atoms with Crippen molar-refractivity contribution in [3.63, 3.8) is 0 Å². The SMILES string of the molecule is CCNCc1cccc(C#CCSC(C)=O)c1. The Balaban J connectivity index is 2.55. The number of rotatable bonds is 4. The highest BCUT2D eigenvalue weighted by molar-refractivity contribution is 8.13. The number of hydrogen-bond acceptors (Lipinski definition) is 3. The van der Waals surface area contributed by atoms with E-state index in [0.29, 0.717) is 5.75 Å². The molecule has 0 spiro atoms. The fourth-order valence-corrected chi connectivity index (χ4v) is 1.65. The number of benzene rings is 1. The summed E-state index contributed by atoms with van der Waals surface area (Å²) < 4.78 is 0. The van der Waals surface area contributed by atoms with E-state index in [9.17, 15) is 4.79 Å². The van der Waals surface area contributed by atoms with Crippen LogP contribution in [0.25, 0.3) is 0 Å². The summed E-state index contributed by atoms with van der Waals surface area (Å²) in [5, 5.41) is 3.39. The second kappa shape index (κ2) is 7.94. The molecule has 0 unspecified atom stereocenters. The van der Waals surface area contributed by atoms with Gasteiger partial charge in [-0.1, -0.05) is 42.7 Å². The van der Waals surface area contributed by atoms with Crippen LogP contribution >= 0.6 is 11.8 Å². The molecule has 1 rings (SSSR count). The van der Waals surface area contributed by atoms with Crippen LogP contribution in [0.1, 0.15) is 25.0 Å². The number of thioether (sulfide) groups is 1. The Bertz CT molecular complexity index is 431. The zero-order valence-corrected chi connectivity index (χ0v) is 11.1. The fourth-order valence-electron chi connectivity index (χ4n) is 1.30. The van der Waals surface area contributed by atoms with Gasteiger partial charge in [-0.15, -0.1) is 0 Å². The van der Waals surface area contributed by atoms with Gasteiger partial charge in [-0.3, -0.25) is 4.79 Å². The van der Waals surface area contributed by atoms with Crippen molar-refractivity contribution in [3.8, 4) is 11.8 Å². The second-order valence-corrected chi connectivity index (χ2v) is 4.72. The summed E-state index contributed by atoms with van der Waals surface area (Å²) in [6.45, 7) is 5.48. The van der Waals surface area contributed by atoms with Crippen LogP contribution in [0.5, 0.6) is 0 Å². The zero-order valence-electron chi connectivity index (χ0n) is 10.2. The van der Waals surface area contributed by atoms with E-state index in [1.807, 2.05) is 12.1 Å². The topological polar surface area (TPSA) is 29.1 Å². The molecule has 1 N–H and O–H groups in total. The Kier molecular flexibility index (Phi) is 6.46. The predicted molar refractivity (Wildman–Crippen MR) is 73.8 cm³/mol. The summed E-state index contributed by atoms with van der Waals surface area (Å²) >= 11 is 1.24. The lowest BCUT2D eigenvalue weighted by atomic mass is 10.1. The molecule has 0 heterocycles. The maximum Gasteiger partial charge on any atom is 0.186 e. The van der Waals surface area contributed by atoms with E-state index in [1.165, 1.54) is 17.3 Å². The monoisotopic (exact) mass is 247 g/mol. The summed E-state index contributed by atoms with van der Waals surface area (Å²) in [4.78, 5) is 10.7. The molecule has 0 aliphatic heterocycles. The van der Waals surface area contributed by atoms with E-state index in [0.717, 1.165) is 18.7 Å². The smallest absolute Gasteiger partial charge is 0.186 e. The third-order valence-electron chi connectivity index (χ3n) is 2.09. The van der Waals surface area contributed by atoms with E-state index in [2.05, 4.69) is 36.2 Å². The van der Waals surface area contributed by atoms with Gasteiger partial charge < -0.3 is 5.32 Å². The van der Waals surface area contributed by atoms with Gasteiger partial charge in [0.15, 0.2) is 5.12 Å². The molecule has 1 aromatic rings. The molecule has 0 saturated carbocycles. The van der Waals surface area contributed by atoms with Crippen LogP contribution in [0.15, 0.2) is 24.3 Å². The minimum atomic E-state index is 0.111. The van der Waals surface area contributed by atoms with E-state index in [4.69, 9.17) is 0 Å². The number of hydrogen-bond donors (Lipinski definition) is 1. The second-order valence-electron chi connectivity index (χ2n) is 3.56. The minimum Gasteiger partial charge on any atom is -0.313 e. The molecule has 90 valence electrons. The molecule has 0 aromatic heterocycles. The van der Waals surface area contributed by atoms with Gasteiger partial charge >= 0.3 is 0 Å². The van der Waals surface area contributed by atoms with E-state index < -0.39 is 0 Å². The first-order chi connectivity index (χ1) is 8.22. The quantitative estimate of drug-likeness (QED) is 0.829. The van der Waals surface area contributed by atoms with E-state index in [1.54, 1.807) is 6.92 Å². The van der Waals surface area contributed by atoms with Gasteiger partial charge in [0, 0.05) is 19.0 Å². The van der Waals surface area contributed by atoms with Crippen LogP contribution < -0.4 is 5.32 Å². The largest absolute Gasteiger partial charge is 0.313 e. The molecule has 17 heavy (non-hydrogen) atoms. The molecule has 0 radical (unpaired) electrons. The predicted octanol–water partition coefficient (Wildman–Crippen LogP) is 2.43. The highest BCUT2D eigenvalue weighted by atomic mass is 32.2. The van der Waals surface area contributed by atoms with E-state index in [-0.39, 0.29) is 5.12 Å². The first-order valence-electron chi connectivity index (χ1n) is 5.64. The Hall–Kier alpha value is -1.24. The summed E-state index contributed by atoms with van der Waals surface area (Å²) in [6, 6.07) is 8.15. The Labute approximate surface area is 107 Å². The summed E-state index contributed by atoms with van der Waals surface area (Å²) in [5.74, 6) is 6.62. The Morgan fingerprint density at radius 3 is 3.00 bits per heavy atom. The number of nitrogens with one attached hydrogen (secondary N) is 1. The van der Waals surface area contributed by atoms with Crippen LogP contribution in [-0.2, 0) is 11.3 Å².